The van der Waals surface area contributed by atoms with E-state index < -0.39 is 15.9 Å². The maximum absolute atomic E-state index is 12.5. The largest absolute Gasteiger partial charge is 0.296 e. The Morgan fingerprint density at radius 3 is 2.47 bits per heavy atom. The van der Waals surface area contributed by atoms with E-state index >= 15 is 0 Å². The minimum Gasteiger partial charge on any atom is -0.296 e. The summed E-state index contributed by atoms with van der Waals surface area (Å²) in [7, 11) is -0.782. The third kappa shape index (κ3) is 5.32. The number of aromatic nitrogens is 2. The van der Waals surface area contributed by atoms with Crippen LogP contribution in [0.25, 0.3) is 0 Å². The summed E-state index contributed by atoms with van der Waals surface area (Å²) >= 11 is 14.9. The summed E-state index contributed by atoms with van der Waals surface area (Å²) in [6.45, 7) is 0. The summed E-state index contributed by atoms with van der Waals surface area (Å²) in [4.78, 5) is 12.6. The number of carbonyl (C=O) groups is 1. The summed E-state index contributed by atoms with van der Waals surface area (Å²) in [5.74, 6) is 0.0265. The Morgan fingerprint density at radius 2 is 1.80 bits per heavy atom. The molecule has 3 aromatic rings. The van der Waals surface area contributed by atoms with E-state index in [1.54, 1.807) is 18.2 Å². The first kappa shape index (κ1) is 23.0. The first-order valence-corrected chi connectivity index (χ1v) is 12.4. The van der Waals surface area contributed by atoms with E-state index in [0.29, 0.717) is 25.3 Å². The van der Waals surface area contributed by atoms with Crippen molar-refractivity contribution in [2.45, 2.75) is 15.0 Å². The van der Waals surface area contributed by atoms with Crippen LogP contribution in [0.2, 0.25) is 10.0 Å². The first-order chi connectivity index (χ1) is 14.2. The Hall–Kier alpha value is -1.69. The van der Waals surface area contributed by atoms with Gasteiger partial charge in [-0.1, -0.05) is 58.4 Å². The lowest BCUT2D eigenvalue weighted by Gasteiger charge is -2.12. The third-order valence-electron chi connectivity index (χ3n) is 3.90. The fourth-order valence-corrected chi connectivity index (χ4v) is 5.74. The molecule has 0 saturated carbocycles. The number of rotatable bonds is 7. The highest BCUT2D eigenvalue weighted by Gasteiger charge is 2.19. The van der Waals surface area contributed by atoms with Crippen LogP contribution in [-0.4, -0.2) is 42.9 Å². The zero-order valence-corrected chi connectivity index (χ0v) is 19.8. The topological polar surface area (TPSA) is 92.3 Å². The number of hydrogen-bond acceptors (Lipinski definition) is 7. The standard InChI is InChI=1S/C18H16Cl2N4O3S3/c1-24(2)30(26,27)12-6-3-5-11(9-12)16(25)21-17-22-23-18(29-17)28-10-13-14(19)7-4-8-15(13)20/h3-9H,10H2,1-2H3,(H,21,22,25). The van der Waals surface area contributed by atoms with Crippen molar-refractivity contribution in [3.05, 3.63) is 63.6 Å². The Kier molecular flexibility index (Phi) is 7.38. The molecule has 12 heteroatoms. The maximum atomic E-state index is 12.5. The summed E-state index contributed by atoms with van der Waals surface area (Å²) in [6.07, 6.45) is 0. The molecule has 0 aliphatic heterocycles. The van der Waals surface area contributed by atoms with Crippen molar-refractivity contribution in [1.82, 2.24) is 14.5 Å². The van der Waals surface area contributed by atoms with Crippen molar-refractivity contribution in [2.24, 2.45) is 0 Å². The summed E-state index contributed by atoms with van der Waals surface area (Å²) < 4.78 is 26.2. The molecule has 1 aromatic heterocycles. The molecular formula is C18H16Cl2N4O3S3. The molecule has 1 N–H and O–H groups in total. The van der Waals surface area contributed by atoms with Crippen molar-refractivity contribution in [1.29, 1.82) is 0 Å². The van der Waals surface area contributed by atoms with Crippen LogP contribution in [0.15, 0.2) is 51.7 Å². The van der Waals surface area contributed by atoms with Gasteiger partial charge in [-0.15, -0.1) is 10.2 Å². The highest BCUT2D eigenvalue weighted by molar-refractivity contribution is 8.00. The van der Waals surface area contributed by atoms with Gasteiger partial charge in [-0.2, -0.15) is 0 Å². The Balaban J connectivity index is 1.68. The van der Waals surface area contributed by atoms with Crippen LogP contribution in [-0.2, 0) is 15.8 Å². The molecule has 0 saturated heterocycles. The number of carbonyl (C=O) groups excluding carboxylic acids is 1. The predicted octanol–water partition coefficient (Wildman–Crippen LogP) is 4.64. The second kappa shape index (κ2) is 9.63. The zero-order valence-electron chi connectivity index (χ0n) is 15.8. The van der Waals surface area contributed by atoms with Crippen LogP contribution in [0, 0.1) is 0 Å². The normalized spacial score (nSPS) is 11.6. The van der Waals surface area contributed by atoms with E-state index in [9.17, 15) is 13.2 Å². The summed E-state index contributed by atoms with van der Waals surface area (Å²) in [6, 6.07) is 11.1. The Labute approximate surface area is 192 Å². The molecular weight excluding hydrogens is 487 g/mol. The van der Waals surface area contributed by atoms with Gasteiger partial charge in [0.05, 0.1) is 4.90 Å². The summed E-state index contributed by atoms with van der Waals surface area (Å²) in [5.41, 5.74) is 0.996. The lowest BCUT2D eigenvalue weighted by Crippen LogP contribution is -2.22. The number of thioether (sulfide) groups is 1. The predicted molar refractivity (Wildman–Crippen MR) is 121 cm³/mol. The Bertz CT molecular complexity index is 1160. The fraction of sp³-hybridized carbons (Fsp3) is 0.167. The van der Waals surface area contributed by atoms with Crippen molar-refractivity contribution < 1.29 is 13.2 Å². The molecule has 0 radical (unpaired) electrons. The smallest absolute Gasteiger partial charge is 0.257 e. The highest BCUT2D eigenvalue weighted by Crippen LogP contribution is 2.33. The molecule has 0 fully saturated rings. The average molecular weight is 503 g/mol. The lowest BCUT2D eigenvalue weighted by molar-refractivity contribution is 0.102. The van der Waals surface area contributed by atoms with Gasteiger partial charge in [-0.25, -0.2) is 12.7 Å². The van der Waals surface area contributed by atoms with Gasteiger partial charge in [-0.3, -0.25) is 10.1 Å². The molecule has 0 bridgehead atoms. The van der Waals surface area contributed by atoms with Gasteiger partial charge in [0.2, 0.25) is 15.2 Å². The number of sulfonamides is 1. The van der Waals surface area contributed by atoms with Gasteiger partial charge in [0, 0.05) is 35.5 Å². The van der Waals surface area contributed by atoms with E-state index in [0.717, 1.165) is 9.87 Å². The quantitative estimate of drug-likeness (QED) is 0.373. The van der Waals surface area contributed by atoms with Gasteiger partial charge in [-0.05, 0) is 35.9 Å². The van der Waals surface area contributed by atoms with Crippen molar-refractivity contribution in [2.75, 3.05) is 19.4 Å². The number of anilines is 1. The van der Waals surface area contributed by atoms with Crippen LogP contribution in [0.4, 0.5) is 5.13 Å². The van der Waals surface area contributed by atoms with Crippen molar-refractivity contribution in [3.63, 3.8) is 0 Å². The molecule has 0 aliphatic rings. The fourth-order valence-electron chi connectivity index (χ4n) is 2.30. The number of benzene rings is 2. The molecule has 158 valence electrons. The van der Waals surface area contributed by atoms with Gasteiger partial charge < -0.3 is 0 Å². The van der Waals surface area contributed by atoms with Crippen LogP contribution >= 0.6 is 46.3 Å². The number of hydrogen-bond donors (Lipinski definition) is 1. The van der Waals surface area contributed by atoms with Crippen LogP contribution in [0.3, 0.4) is 0 Å². The average Bonchev–Trinajstić information content (AvgIpc) is 3.14. The van der Waals surface area contributed by atoms with Crippen LogP contribution in [0.1, 0.15) is 15.9 Å². The second-order valence-corrected chi connectivity index (χ2v) is 11.3. The van der Waals surface area contributed by atoms with E-state index in [-0.39, 0.29) is 10.5 Å². The number of amides is 1. The van der Waals surface area contributed by atoms with Gasteiger partial charge in [0.1, 0.15) is 0 Å². The highest BCUT2D eigenvalue weighted by atomic mass is 35.5. The number of nitrogens with zero attached hydrogens (tertiary/aromatic N) is 3. The van der Waals surface area contributed by atoms with E-state index in [1.807, 2.05) is 0 Å². The summed E-state index contributed by atoms with van der Waals surface area (Å²) in [5, 5.41) is 12.1. The van der Waals surface area contributed by atoms with Crippen molar-refractivity contribution >= 4 is 67.4 Å². The molecule has 7 nitrogen and oxygen atoms in total. The SMILES string of the molecule is CN(C)S(=O)(=O)c1cccc(C(=O)Nc2nnc(SCc3c(Cl)cccc3Cl)s2)c1. The van der Waals surface area contributed by atoms with E-state index in [2.05, 4.69) is 15.5 Å². The minimum atomic E-state index is -3.64. The van der Waals surface area contributed by atoms with Crippen LogP contribution in [0.5, 0.6) is 0 Å². The van der Waals surface area contributed by atoms with Gasteiger partial charge in [0.25, 0.3) is 5.91 Å². The number of halogens is 2. The molecule has 0 spiro atoms. The number of nitrogens with one attached hydrogen (secondary N) is 1. The Morgan fingerprint density at radius 1 is 1.13 bits per heavy atom. The molecule has 0 atom stereocenters. The minimum absolute atomic E-state index is 0.0327. The first-order valence-electron chi connectivity index (χ1n) is 8.41. The van der Waals surface area contributed by atoms with E-state index in [4.69, 9.17) is 23.2 Å². The second-order valence-electron chi connectivity index (χ2n) is 6.13. The third-order valence-corrected chi connectivity index (χ3v) is 8.42. The maximum Gasteiger partial charge on any atom is 0.257 e. The zero-order chi connectivity index (χ0) is 21.9. The molecule has 2 aromatic carbocycles. The van der Waals surface area contributed by atoms with Crippen molar-refractivity contribution in [3.8, 4) is 0 Å². The molecule has 30 heavy (non-hydrogen) atoms. The molecule has 0 unspecified atom stereocenters. The molecule has 1 amide bonds. The van der Waals surface area contributed by atoms with E-state index in [1.165, 1.54) is 61.5 Å². The van der Waals surface area contributed by atoms with Gasteiger partial charge in [0.15, 0.2) is 4.34 Å². The van der Waals surface area contributed by atoms with Gasteiger partial charge >= 0.3 is 0 Å². The molecule has 0 aliphatic carbocycles. The molecule has 3 rings (SSSR count). The molecule has 1 heterocycles. The lowest BCUT2D eigenvalue weighted by atomic mass is 10.2. The van der Waals surface area contributed by atoms with Crippen LogP contribution < -0.4 is 5.32 Å². The monoisotopic (exact) mass is 502 g/mol.